The fraction of sp³-hybridized carbons (Fsp3) is 0.194. The smallest absolute Gasteiger partial charge is 0.159 e. The van der Waals surface area contributed by atoms with E-state index in [4.69, 9.17) is 8.83 Å². The normalized spacial score (nSPS) is 13.4. The van der Waals surface area contributed by atoms with E-state index in [0.717, 1.165) is 80.2 Å². The Labute approximate surface area is 386 Å². The number of hydrogen-bond acceptors (Lipinski definition) is 4. The number of nitrogens with zero attached hydrogens (tertiary/aromatic N) is 2. The van der Waals surface area contributed by atoms with Crippen molar-refractivity contribution in [2.75, 3.05) is 9.80 Å². The minimum Gasteiger partial charge on any atom is -0.454 e. The molecule has 2 heterocycles. The number of para-hydroxylation sites is 5. The van der Waals surface area contributed by atoms with Gasteiger partial charge in [0.15, 0.2) is 11.2 Å². The van der Waals surface area contributed by atoms with Crippen LogP contribution in [-0.4, -0.2) is 0 Å². The first-order valence-electron chi connectivity index (χ1n) is 23.5. The summed E-state index contributed by atoms with van der Waals surface area (Å²) in [7, 11) is 0. The van der Waals surface area contributed by atoms with Crippen molar-refractivity contribution in [2.45, 2.75) is 73.6 Å². The second-order valence-electron chi connectivity index (χ2n) is 20.5. The van der Waals surface area contributed by atoms with E-state index in [1.54, 1.807) is 0 Å². The highest BCUT2D eigenvalue weighted by atomic mass is 16.3. The van der Waals surface area contributed by atoms with Crippen LogP contribution >= 0.6 is 0 Å². The second-order valence-corrected chi connectivity index (χ2v) is 20.5. The van der Waals surface area contributed by atoms with Crippen LogP contribution in [0.1, 0.15) is 76.0 Å². The van der Waals surface area contributed by atoms with E-state index in [0.29, 0.717) is 0 Å². The van der Waals surface area contributed by atoms with Crippen molar-refractivity contribution < 1.29 is 8.83 Å². The average molecular weight is 859 g/mol. The number of anilines is 6. The quantitative estimate of drug-likeness (QED) is 0.156. The second kappa shape index (κ2) is 14.6. The fourth-order valence-electron chi connectivity index (χ4n) is 11.0. The Morgan fingerprint density at radius 3 is 1.44 bits per heavy atom. The fourth-order valence-corrected chi connectivity index (χ4v) is 11.0. The highest BCUT2D eigenvalue weighted by molar-refractivity contribution is 6.28. The minimum absolute atomic E-state index is 0.0347. The minimum atomic E-state index is -0.0833. The first-order valence-corrected chi connectivity index (χ1v) is 23.5. The molecule has 1 aliphatic rings. The predicted molar refractivity (Wildman–Crippen MR) is 280 cm³/mol. The lowest BCUT2D eigenvalue weighted by molar-refractivity contribution is 0.515. The van der Waals surface area contributed by atoms with Crippen LogP contribution in [0.15, 0.2) is 167 Å². The van der Waals surface area contributed by atoms with Crippen LogP contribution in [-0.2, 0) is 11.8 Å². The van der Waals surface area contributed by atoms with Crippen LogP contribution in [0.3, 0.4) is 0 Å². The Morgan fingerprint density at radius 1 is 0.409 bits per heavy atom. The summed E-state index contributed by atoms with van der Waals surface area (Å²) in [6, 6.07) is 55.8. The van der Waals surface area contributed by atoms with Crippen molar-refractivity contribution >= 4 is 105 Å². The molecule has 11 aromatic rings. The van der Waals surface area contributed by atoms with E-state index in [2.05, 4.69) is 223 Å². The topological polar surface area (TPSA) is 32.8 Å². The summed E-state index contributed by atoms with van der Waals surface area (Å²) >= 11 is 0. The third kappa shape index (κ3) is 6.04. The van der Waals surface area contributed by atoms with Crippen LogP contribution in [0, 0.1) is 19.3 Å². The molecule has 0 fully saturated rings. The van der Waals surface area contributed by atoms with Gasteiger partial charge >= 0.3 is 0 Å². The Balaban J connectivity index is 1.12. The SMILES string of the molecule is Cc1ccccc1N(c1ccc2ccc3c(N(c4ccccc4C)c4cccc5c4oc4c(C(C)(C)C)cccc45)ccc4ccc1c2c43)c1cccc2c3c(oc12)C(C(C)(C)C)=CCC3. The molecule has 324 valence electrons. The largest absolute Gasteiger partial charge is 0.454 e. The number of aryl methyl sites for hydroxylation is 3. The summed E-state index contributed by atoms with van der Waals surface area (Å²) in [4.78, 5) is 4.89. The molecule has 0 spiro atoms. The van der Waals surface area contributed by atoms with Gasteiger partial charge in [-0.1, -0.05) is 163 Å². The van der Waals surface area contributed by atoms with Crippen LogP contribution in [0.2, 0.25) is 0 Å². The Morgan fingerprint density at radius 2 is 0.894 bits per heavy atom. The lowest BCUT2D eigenvalue weighted by Crippen LogP contribution is -2.13. The van der Waals surface area contributed by atoms with Gasteiger partial charge in [0, 0.05) is 49.4 Å². The van der Waals surface area contributed by atoms with E-state index in [-0.39, 0.29) is 10.8 Å². The van der Waals surface area contributed by atoms with Gasteiger partial charge in [-0.15, -0.1) is 0 Å². The monoisotopic (exact) mass is 858 g/mol. The Kier molecular flexibility index (Phi) is 8.90. The van der Waals surface area contributed by atoms with E-state index < -0.39 is 0 Å². The molecule has 0 atom stereocenters. The lowest BCUT2D eigenvalue weighted by atomic mass is 9.80. The zero-order valence-corrected chi connectivity index (χ0v) is 39.1. The maximum absolute atomic E-state index is 7.14. The molecule has 0 unspecified atom stereocenters. The first kappa shape index (κ1) is 40.2. The molecule has 9 aromatic carbocycles. The molecule has 12 rings (SSSR count). The van der Waals surface area contributed by atoms with Crippen molar-refractivity contribution in [1.82, 2.24) is 0 Å². The molecular formula is C62H54N2O2. The predicted octanol–water partition coefficient (Wildman–Crippen LogP) is 18.5. The molecule has 4 nitrogen and oxygen atoms in total. The van der Waals surface area contributed by atoms with Crippen LogP contribution in [0.25, 0.3) is 70.8 Å². The summed E-state index contributed by atoms with van der Waals surface area (Å²) in [6.45, 7) is 18.1. The van der Waals surface area contributed by atoms with Gasteiger partial charge < -0.3 is 18.6 Å². The number of fused-ring (bicyclic) bond motifs is 6. The molecule has 1 aliphatic carbocycles. The maximum Gasteiger partial charge on any atom is 0.159 e. The van der Waals surface area contributed by atoms with Crippen molar-refractivity contribution in [3.63, 3.8) is 0 Å². The summed E-state index contributed by atoms with van der Waals surface area (Å²) < 4.78 is 14.2. The highest BCUT2D eigenvalue weighted by Crippen LogP contribution is 2.52. The third-order valence-corrected chi connectivity index (χ3v) is 14.2. The van der Waals surface area contributed by atoms with Gasteiger partial charge in [0.2, 0.25) is 0 Å². The molecule has 0 N–H and O–H groups in total. The average Bonchev–Trinajstić information content (AvgIpc) is 3.89. The van der Waals surface area contributed by atoms with Crippen LogP contribution in [0.5, 0.6) is 0 Å². The molecule has 2 aromatic heterocycles. The van der Waals surface area contributed by atoms with E-state index in [1.807, 2.05) is 0 Å². The van der Waals surface area contributed by atoms with Gasteiger partial charge in [-0.3, -0.25) is 0 Å². The third-order valence-electron chi connectivity index (χ3n) is 14.2. The maximum atomic E-state index is 7.14. The van der Waals surface area contributed by atoms with Gasteiger partial charge in [-0.05, 0) is 112 Å². The summed E-state index contributed by atoms with van der Waals surface area (Å²) in [5.41, 5.74) is 15.3. The number of hydrogen-bond donors (Lipinski definition) is 0. The Bertz CT molecular complexity index is 3770. The number of allylic oxidation sites excluding steroid dienone is 2. The summed E-state index contributed by atoms with van der Waals surface area (Å²) in [5.74, 6) is 1.04. The lowest BCUT2D eigenvalue weighted by Gasteiger charge is -2.30. The number of rotatable bonds is 6. The van der Waals surface area contributed by atoms with E-state index >= 15 is 0 Å². The first-order chi connectivity index (χ1) is 31.9. The molecule has 0 radical (unpaired) electrons. The molecule has 66 heavy (non-hydrogen) atoms. The molecule has 0 aliphatic heterocycles. The summed E-state index contributed by atoms with van der Waals surface area (Å²) in [6.07, 6.45) is 4.38. The van der Waals surface area contributed by atoms with Gasteiger partial charge in [-0.2, -0.15) is 0 Å². The van der Waals surface area contributed by atoms with Crippen molar-refractivity contribution in [3.8, 4) is 0 Å². The zero-order chi connectivity index (χ0) is 45.2. The highest BCUT2D eigenvalue weighted by Gasteiger charge is 2.32. The molecule has 4 heteroatoms. The molecule has 0 bridgehead atoms. The molecular weight excluding hydrogens is 805 g/mol. The van der Waals surface area contributed by atoms with Gasteiger partial charge in [-0.25, -0.2) is 0 Å². The van der Waals surface area contributed by atoms with Gasteiger partial charge in [0.1, 0.15) is 11.3 Å². The molecule has 0 saturated heterocycles. The summed E-state index contributed by atoms with van der Waals surface area (Å²) in [5, 5.41) is 10.7. The Hall–Kier alpha value is -7.30. The van der Waals surface area contributed by atoms with Gasteiger partial charge in [0.25, 0.3) is 0 Å². The van der Waals surface area contributed by atoms with Crippen molar-refractivity contribution in [3.05, 3.63) is 186 Å². The number of furan rings is 2. The van der Waals surface area contributed by atoms with Gasteiger partial charge in [0.05, 0.1) is 22.7 Å². The zero-order valence-electron chi connectivity index (χ0n) is 39.1. The van der Waals surface area contributed by atoms with Crippen molar-refractivity contribution in [1.29, 1.82) is 0 Å². The number of benzene rings is 9. The van der Waals surface area contributed by atoms with Crippen molar-refractivity contribution in [2.24, 2.45) is 5.41 Å². The molecule has 0 amide bonds. The molecule has 0 saturated carbocycles. The standard InChI is InChI=1S/C62H54N2O2/c1-37-17-9-11-25-49(37)63(53-27-15-21-43-41-19-13-23-47(61(3,4)5)57(41)65-59(43)53)51-35-31-39-30-34-46-52(36-32-40-29-33-45(51)55(39)56(40)46)64(50-26-12-10-18-38(50)2)54-28-16-22-44-42-20-14-24-48(62(6,7)8)58(42)66-60(44)54/h9-13,15-19,21-36H,14,20H2,1-8H3. The van der Waals surface area contributed by atoms with Crippen LogP contribution in [0.4, 0.5) is 34.1 Å². The van der Waals surface area contributed by atoms with E-state index in [9.17, 15) is 0 Å². The van der Waals surface area contributed by atoms with E-state index in [1.165, 1.54) is 65.5 Å². The van der Waals surface area contributed by atoms with Crippen LogP contribution < -0.4 is 9.80 Å².